The van der Waals surface area contributed by atoms with Crippen LogP contribution in [0.4, 0.5) is 5.69 Å². The molecule has 0 aliphatic heterocycles. The summed E-state index contributed by atoms with van der Waals surface area (Å²) in [5.74, 6) is -0.345. The fourth-order valence-corrected chi connectivity index (χ4v) is 3.11. The maximum absolute atomic E-state index is 12.7. The molecule has 0 aliphatic carbocycles. The van der Waals surface area contributed by atoms with E-state index >= 15 is 0 Å². The second-order valence-corrected chi connectivity index (χ2v) is 6.87. The molecule has 0 radical (unpaired) electrons. The van der Waals surface area contributed by atoms with E-state index in [0.717, 1.165) is 22.4 Å². The Balaban J connectivity index is 1.75. The van der Waals surface area contributed by atoms with Crippen LogP contribution in [0.1, 0.15) is 39.5 Å². The van der Waals surface area contributed by atoms with Gasteiger partial charge in [-0.25, -0.2) is 0 Å². The van der Waals surface area contributed by atoms with Crippen molar-refractivity contribution in [1.82, 2.24) is 5.32 Å². The first-order chi connectivity index (χ1) is 13.5. The van der Waals surface area contributed by atoms with Crippen molar-refractivity contribution in [3.05, 3.63) is 101 Å². The van der Waals surface area contributed by atoms with Gasteiger partial charge in [-0.15, -0.1) is 0 Å². The zero-order chi connectivity index (χ0) is 19.9. The van der Waals surface area contributed by atoms with Gasteiger partial charge in [0.2, 0.25) is 5.91 Å². The van der Waals surface area contributed by atoms with E-state index in [0.29, 0.717) is 5.56 Å². The predicted molar refractivity (Wildman–Crippen MR) is 112 cm³/mol. The Kier molecular flexibility index (Phi) is 6.22. The molecule has 4 nitrogen and oxygen atoms in total. The molecule has 0 aliphatic rings. The summed E-state index contributed by atoms with van der Waals surface area (Å²) in [6.45, 7) is 3.98. The van der Waals surface area contributed by atoms with Crippen LogP contribution in [-0.2, 0) is 4.79 Å². The smallest absolute Gasteiger partial charge is 0.251 e. The lowest BCUT2D eigenvalue weighted by Crippen LogP contribution is -2.31. The zero-order valence-electron chi connectivity index (χ0n) is 16.1. The first-order valence-electron chi connectivity index (χ1n) is 9.31. The van der Waals surface area contributed by atoms with Crippen molar-refractivity contribution < 1.29 is 9.59 Å². The largest absolute Gasteiger partial charge is 0.345 e. The molecule has 3 aromatic rings. The van der Waals surface area contributed by atoms with E-state index in [1.807, 2.05) is 80.6 Å². The highest BCUT2D eigenvalue weighted by Gasteiger charge is 2.19. The van der Waals surface area contributed by atoms with Crippen molar-refractivity contribution in [2.24, 2.45) is 0 Å². The molecule has 0 saturated carbocycles. The molecule has 4 heteroatoms. The van der Waals surface area contributed by atoms with Crippen LogP contribution in [0.5, 0.6) is 0 Å². The number of hydrogen-bond donors (Lipinski definition) is 2. The van der Waals surface area contributed by atoms with Crippen LogP contribution in [-0.4, -0.2) is 11.8 Å². The van der Waals surface area contributed by atoms with Crippen LogP contribution in [0.3, 0.4) is 0 Å². The number of nitrogens with one attached hydrogen (secondary N) is 2. The number of anilines is 1. The summed E-state index contributed by atoms with van der Waals surface area (Å²) in [6.07, 6.45) is 0.149. The van der Waals surface area contributed by atoms with E-state index in [4.69, 9.17) is 0 Å². The number of carbonyl (C=O) groups is 2. The van der Waals surface area contributed by atoms with E-state index in [1.54, 1.807) is 12.1 Å². The van der Waals surface area contributed by atoms with Crippen molar-refractivity contribution >= 4 is 17.5 Å². The van der Waals surface area contributed by atoms with Crippen molar-refractivity contribution in [2.45, 2.75) is 26.3 Å². The van der Waals surface area contributed by atoms with E-state index in [-0.39, 0.29) is 18.2 Å². The van der Waals surface area contributed by atoms with Crippen LogP contribution in [0.2, 0.25) is 0 Å². The first kappa shape index (κ1) is 19.4. The topological polar surface area (TPSA) is 58.2 Å². The number of carbonyl (C=O) groups excluding carboxylic acids is 2. The third kappa shape index (κ3) is 5.07. The molecule has 0 bridgehead atoms. The van der Waals surface area contributed by atoms with Gasteiger partial charge < -0.3 is 10.6 Å². The molecule has 3 rings (SSSR count). The predicted octanol–water partition coefficient (Wildman–Crippen LogP) is 4.80. The second-order valence-electron chi connectivity index (χ2n) is 6.87. The van der Waals surface area contributed by atoms with E-state index < -0.39 is 6.04 Å². The van der Waals surface area contributed by atoms with Gasteiger partial charge in [-0.1, -0.05) is 66.2 Å². The molecule has 1 atom stereocenters. The van der Waals surface area contributed by atoms with E-state index in [9.17, 15) is 9.59 Å². The van der Waals surface area contributed by atoms with Gasteiger partial charge in [0.1, 0.15) is 0 Å². The molecule has 0 heterocycles. The van der Waals surface area contributed by atoms with Gasteiger partial charge in [0.25, 0.3) is 5.91 Å². The maximum Gasteiger partial charge on any atom is 0.251 e. The molecule has 2 N–H and O–H groups in total. The Labute approximate surface area is 165 Å². The lowest BCUT2D eigenvalue weighted by atomic mass is 10.0. The van der Waals surface area contributed by atoms with Gasteiger partial charge >= 0.3 is 0 Å². The molecule has 0 fully saturated rings. The molecule has 2 amide bonds. The van der Waals surface area contributed by atoms with Crippen LogP contribution in [0, 0.1) is 13.8 Å². The third-order valence-corrected chi connectivity index (χ3v) is 4.59. The van der Waals surface area contributed by atoms with Crippen molar-refractivity contribution in [3.63, 3.8) is 0 Å². The number of amides is 2. The minimum Gasteiger partial charge on any atom is -0.345 e. The van der Waals surface area contributed by atoms with Gasteiger partial charge in [0, 0.05) is 11.3 Å². The number of aryl methyl sites for hydroxylation is 2. The molecular formula is C24H24N2O2. The van der Waals surface area contributed by atoms with Crippen molar-refractivity contribution in [2.75, 3.05) is 5.32 Å². The average molecular weight is 372 g/mol. The highest BCUT2D eigenvalue weighted by molar-refractivity contribution is 5.96. The van der Waals surface area contributed by atoms with E-state index in [1.165, 1.54) is 0 Å². The van der Waals surface area contributed by atoms with Crippen molar-refractivity contribution in [3.8, 4) is 0 Å². The summed E-state index contributed by atoms with van der Waals surface area (Å²) in [5.41, 5.74) is 4.41. The molecule has 142 valence electrons. The van der Waals surface area contributed by atoms with Gasteiger partial charge in [0.15, 0.2) is 0 Å². The van der Waals surface area contributed by atoms with E-state index in [2.05, 4.69) is 10.6 Å². The molecule has 28 heavy (non-hydrogen) atoms. The van der Waals surface area contributed by atoms with Gasteiger partial charge in [-0.3, -0.25) is 9.59 Å². The standard InChI is InChI=1S/C24H24N2O2/c1-17-13-14-21(18(2)15-17)25-23(27)16-22(19-9-5-3-6-10-19)26-24(28)20-11-7-4-8-12-20/h3-15,22H,16H2,1-2H3,(H,25,27)(H,26,28)/t22-/m1/s1. The summed E-state index contributed by atoms with van der Waals surface area (Å²) in [7, 11) is 0. The van der Waals surface area contributed by atoms with Crippen LogP contribution >= 0.6 is 0 Å². The molecule has 3 aromatic carbocycles. The Hall–Kier alpha value is -3.40. The van der Waals surface area contributed by atoms with Crippen molar-refractivity contribution in [1.29, 1.82) is 0 Å². The number of hydrogen-bond acceptors (Lipinski definition) is 2. The third-order valence-electron chi connectivity index (χ3n) is 4.59. The second kappa shape index (κ2) is 9.00. The summed E-state index contributed by atoms with van der Waals surface area (Å²) < 4.78 is 0. The molecule has 0 spiro atoms. The fourth-order valence-electron chi connectivity index (χ4n) is 3.11. The molecule has 0 aromatic heterocycles. The SMILES string of the molecule is Cc1ccc(NC(=O)C[C@@H](NC(=O)c2ccccc2)c2ccccc2)c(C)c1. The van der Waals surface area contributed by atoms with Gasteiger partial charge in [-0.05, 0) is 43.2 Å². The summed E-state index contributed by atoms with van der Waals surface area (Å²) in [5, 5.41) is 5.95. The normalized spacial score (nSPS) is 11.5. The first-order valence-corrected chi connectivity index (χ1v) is 9.31. The average Bonchev–Trinajstić information content (AvgIpc) is 2.71. The summed E-state index contributed by atoms with van der Waals surface area (Å²) in [4.78, 5) is 25.3. The molecule has 0 unspecified atom stereocenters. The maximum atomic E-state index is 12.7. The minimum atomic E-state index is -0.417. The zero-order valence-corrected chi connectivity index (χ0v) is 16.1. The quantitative estimate of drug-likeness (QED) is 0.653. The van der Waals surface area contributed by atoms with Crippen LogP contribution < -0.4 is 10.6 Å². The Bertz CT molecular complexity index is 953. The number of rotatable bonds is 6. The molecule has 0 saturated heterocycles. The highest BCUT2D eigenvalue weighted by Crippen LogP contribution is 2.21. The minimum absolute atomic E-state index is 0.144. The van der Waals surface area contributed by atoms with Crippen LogP contribution in [0.25, 0.3) is 0 Å². The summed E-state index contributed by atoms with van der Waals surface area (Å²) >= 11 is 0. The molecular weight excluding hydrogens is 348 g/mol. The highest BCUT2D eigenvalue weighted by atomic mass is 16.2. The lowest BCUT2D eigenvalue weighted by Gasteiger charge is -2.19. The van der Waals surface area contributed by atoms with Crippen LogP contribution in [0.15, 0.2) is 78.9 Å². The Morgan fingerprint density at radius 2 is 1.50 bits per heavy atom. The summed E-state index contributed by atoms with van der Waals surface area (Å²) in [6, 6.07) is 24.0. The Morgan fingerprint density at radius 3 is 2.14 bits per heavy atom. The lowest BCUT2D eigenvalue weighted by molar-refractivity contribution is -0.116. The monoisotopic (exact) mass is 372 g/mol. The fraction of sp³-hybridized carbons (Fsp3) is 0.167. The van der Waals surface area contributed by atoms with Gasteiger partial charge in [0.05, 0.1) is 12.5 Å². The number of benzene rings is 3. The Morgan fingerprint density at radius 1 is 0.857 bits per heavy atom. The van der Waals surface area contributed by atoms with Gasteiger partial charge in [-0.2, -0.15) is 0 Å².